The monoisotopic (exact) mass is 239 g/mol. The van der Waals surface area contributed by atoms with Gasteiger partial charge in [0.1, 0.15) is 18.2 Å². The highest BCUT2D eigenvalue weighted by molar-refractivity contribution is 5.22. The lowest BCUT2D eigenvalue weighted by atomic mass is 10.1. The second-order valence-corrected chi connectivity index (χ2v) is 4.59. The molecule has 96 valence electrons. The van der Waals surface area contributed by atoms with Crippen LogP contribution < -0.4 is 10.1 Å². The molecule has 0 amide bonds. The molecule has 0 heterocycles. The number of halogens is 1. The summed E-state index contributed by atoms with van der Waals surface area (Å²) < 4.78 is 18.2. The SMILES string of the molecule is CC(C)CCCNCCOc1cccc(F)c1. The Labute approximate surface area is 103 Å². The molecule has 3 heteroatoms. The molecule has 0 radical (unpaired) electrons. The lowest BCUT2D eigenvalue weighted by molar-refractivity contribution is 0.311. The topological polar surface area (TPSA) is 21.3 Å². The molecule has 17 heavy (non-hydrogen) atoms. The van der Waals surface area contributed by atoms with Gasteiger partial charge in [0, 0.05) is 12.6 Å². The highest BCUT2D eigenvalue weighted by Gasteiger charge is 1.96. The van der Waals surface area contributed by atoms with Gasteiger partial charge in [-0.25, -0.2) is 4.39 Å². The quantitative estimate of drug-likeness (QED) is 0.703. The fraction of sp³-hybridized carbons (Fsp3) is 0.571. The first-order chi connectivity index (χ1) is 8.18. The number of nitrogens with one attached hydrogen (secondary N) is 1. The maximum Gasteiger partial charge on any atom is 0.126 e. The first-order valence-corrected chi connectivity index (χ1v) is 6.27. The molecule has 0 aliphatic heterocycles. The minimum absolute atomic E-state index is 0.257. The van der Waals surface area contributed by atoms with Crippen LogP contribution in [0.3, 0.4) is 0 Å². The Morgan fingerprint density at radius 1 is 1.29 bits per heavy atom. The summed E-state index contributed by atoms with van der Waals surface area (Å²) in [6.45, 7) is 6.85. The van der Waals surface area contributed by atoms with Crippen LogP contribution >= 0.6 is 0 Å². The first kappa shape index (κ1) is 14.0. The molecule has 0 atom stereocenters. The highest BCUT2D eigenvalue weighted by atomic mass is 19.1. The summed E-state index contributed by atoms with van der Waals surface area (Å²) in [5.41, 5.74) is 0. The molecule has 0 fully saturated rings. The van der Waals surface area contributed by atoms with Crippen molar-refractivity contribution in [3.63, 3.8) is 0 Å². The van der Waals surface area contributed by atoms with E-state index in [2.05, 4.69) is 19.2 Å². The molecular formula is C14H22FNO. The summed E-state index contributed by atoms with van der Waals surface area (Å²) in [4.78, 5) is 0. The molecule has 0 saturated heterocycles. The second kappa shape index (κ2) is 8.07. The predicted octanol–water partition coefficient (Wildman–Crippen LogP) is 3.23. The summed E-state index contributed by atoms with van der Waals surface area (Å²) in [6.07, 6.45) is 2.44. The minimum atomic E-state index is -0.257. The van der Waals surface area contributed by atoms with Gasteiger partial charge < -0.3 is 10.1 Å². The van der Waals surface area contributed by atoms with E-state index in [-0.39, 0.29) is 5.82 Å². The van der Waals surface area contributed by atoms with E-state index in [0.717, 1.165) is 19.0 Å². The van der Waals surface area contributed by atoms with E-state index < -0.39 is 0 Å². The number of hydrogen-bond acceptors (Lipinski definition) is 2. The van der Waals surface area contributed by atoms with Crippen LogP contribution in [0.5, 0.6) is 5.75 Å². The fourth-order valence-electron chi connectivity index (χ4n) is 1.56. The van der Waals surface area contributed by atoms with E-state index in [9.17, 15) is 4.39 Å². The first-order valence-electron chi connectivity index (χ1n) is 6.27. The van der Waals surface area contributed by atoms with Crippen molar-refractivity contribution in [3.05, 3.63) is 30.1 Å². The van der Waals surface area contributed by atoms with E-state index in [1.807, 2.05) is 0 Å². The Kier molecular flexibility index (Phi) is 6.63. The van der Waals surface area contributed by atoms with Gasteiger partial charge in [-0.05, 0) is 37.4 Å². The van der Waals surface area contributed by atoms with Crippen molar-refractivity contribution in [2.75, 3.05) is 19.7 Å². The van der Waals surface area contributed by atoms with Gasteiger partial charge in [-0.2, -0.15) is 0 Å². The second-order valence-electron chi connectivity index (χ2n) is 4.59. The molecule has 2 nitrogen and oxygen atoms in total. The molecule has 0 aliphatic rings. The smallest absolute Gasteiger partial charge is 0.126 e. The number of ether oxygens (including phenoxy) is 1. The van der Waals surface area contributed by atoms with Crippen LogP contribution in [-0.2, 0) is 0 Å². The summed E-state index contributed by atoms with van der Waals surface area (Å²) >= 11 is 0. The Balaban J connectivity index is 2.01. The van der Waals surface area contributed by atoms with Crippen molar-refractivity contribution in [1.29, 1.82) is 0 Å². The molecule has 0 unspecified atom stereocenters. The lowest BCUT2D eigenvalue weighted by Gasteiger charge is -2.08. The molecule has 1 aromatic rings. The van der Waals surface area contributed by atoms with Gasteiger partial charge in [-0.1, -0.05) is 19.9 Å². The van der Waals surface area contributed by atoms with E-state index >= 15 is 0 Å². The van der Waals surface area contributed by atoms with Gasteiger partial charge in [0.25, 0.3) is 0 Å². The fourth-order valence-corrected chi connectivity index (χ4v) is 1.56. The average molecular weight is 239 g/mol. The predicted molar refractivity (Wildman–Crippen MR) is 68.8 cm³/mol. The molecule has 0 aromatic heterocycles. The highest BCUT2D eigenvalue weighted by Crippen LogP contribution is 2.11. The average Bonchev–Trinajstić information content (AvgIpc) is 2.27. The summed E-state index contributed by atoms with van der Waals surface area (Å²) in [5, 5.41) is 3.31. The van der Waals surface area contributed by atoms with Gasteiger partial charge >= 0.3 is 0 Å². The number of benzene rings is 1. The number of rotatable bonds is 8. The zero-order valence-electron chi connectivity index (χ0n) is 10.7. The minimum Gasteiger partial charge on any atom is -0.492 e. The van der Waals surface area contributed by atoms with E-state index in [1.54, 1.807) is 12.1 Å². The lowest BCUT2D eigenvalue weighted by Crippen LogP contribution is -2.22. The summed E-state index contributed by atoms with van der Waals surface area (Å²) in [7, 11) is 0. The normalized spacial score (nSPS) is 10.8. The molecule has 1 aromatic carbocycles. The Morgan fingerprint density at radius 3 is 2.82 bits per heavy atom. The Bertz CT molecular complexity index is 315. The van der Waals surface area contributed by atoms with Crippen LogP contribution in [0.4, 0.5) is 4.39 Å². The molecule has 1 N–H and O–H groups in total. The van der Waals surface area contributed by atoms with Crippen molar-refractivity contribution in [1.82, 2.24) is 5.32 Å². The Morgan fingerprint density at radius 2 is 2.12 bits per heavy atom. The van der Waals surface area contributed by atoms with Gasteiger partial charge in [0.15, 0.2) is 0 Å². The molecule has 0 bridgehead atoms. The van der Waals surface area contributed by atoms with Crippen molar-refractivity contribution >= 4 is 0 Å². The maximum absolute atomic E-state index is 12.8. The van der Waals surface area contributed by atoms with Crippen molar-refractivity contribution in [3.8, 4) is 5.75 Å². The van der Waals surface area contributed by atoms with Crippen molar-refractivity contribution in [2.24, 2.45) is 5.92 Å². The van der Waals surface area contributed by atoms with Gasteiger partial charge in [0.05, 0.1) is 0 Å². The van der Waals surface area contributed by atoms with Gasteiger partial charge in [0.2, 0.25) is 0 Å². The largest absolute Gasteiger partial charge is 0.492 e. The zero-order valence-corrected chi connectivity index (χ0v) is 10.7. The van der Waals surface area contributed by atoms with Gasteiger partial charge in [-0.3, -0.25) is 0 Å². The Hall–Kier alpha value is -1.09. The third-order valence-corrected chi connectivity index (χ3v) is 2.48. The van der Waals surface area contributed by atoms with Crippen LogP contribution in [0.25, 0.3) is 0 Å². The molecular weight excluding hydrogens is 217 g/mol. The van der Waals surface area contributed by atoms with E-state index in [0.29, 0.717) is 12.4 Å². The standard InChI is InChI=1S/C14H22FNO/c1-12(2)5-4-8-16-9-10-17-14-7-3-6-13(15)11-14/h3,6-7,11-12,16H,4-5,8-10H2,1-2H3. The van der Waals surface area contributed by atoms with E-state index in [4.69, 9.17) is 4.74 Å². The summed E-state index contributed by atoms with van der Waals surface area (Å²) in [6, 6.07) is 6.23. The van der Waals surface area contributed by atoms with Crippen LogP contribution in [-0.4, -0.2) is 19.7 Å². The van der Waals surface area contributed by atoms with E-state index in [1.165, 1.54) is 25.0 Å². The van der Waals surface area contributed by atoms with Crippen LogP contribution in [0, 0.1) is 11.7 Å². The van der Waals surface area contributed by atoms with Crippen LogP contribution in [0.1, 0.15) is 26.7 Å². The molecule has 0 spiro atoms. The van der Waals surface area contributed by atoms with Crippen LogP contribution in [0.15, 0.2) is 24.3 Å². The maximum atomic E-state index is 12.8. The molecule has 0 saturated carbocycles. The molecule has 1 rings (SSSR count). The number of hydrogen-bond donors (Lipinski definition) is 1. The molecule has 0 aliphatic carbocycles. The van der Waals surface area contributed by atoms with Gasteiger partial charge in [-0.15, -0.1) is 0 Å². The zero-order chi connectivity index (χ0) is 12.5. The van der Waals surface area contributed by atoms with Crippen LogP contribution in [0.2, 0.25) is 0 Å². The van der Waals surface area contributed by atoms with Crippen molar-refractivity contribution in [2.45, 2.75) is 26.7 Å². The third-order valence-electron chi connectivity index (χ3n) is 2.48. The third kappa shape index (κ3) is 6.95. The van der Waals surface area contributed by atoms with Crippen molar-refractivity contribution < 1.29 is 9.13 Å². The summed E-state index contributed by atoms with van der Waals surface area (Å²) in [5.74, 6) is 1.10.